The van der Waals surface area contributed by atoms with E-state index in [0.717, 1.165) is 31.5 Å². The average molecular weight is 502 g/mol. The summed E-state index contributed by atoms with van der Waals surface area (Å²) in [4.78, 5) is 19.3. The fraction of sp³-hybridized carbons (Fsp3) is 0.458. The molecule has 2 aromatic carbocycles. The molecule has 0 bridgehead atoms. The Hall–Kier alpha value is -3.32. The molecular formula is C24H34FN8O3+. The first-order chi connectivity index (χ1) is 17.2. The molecule has 12 heteroatoms. The van der Waals surface area contributed by atoms with E-state index in [1.54, 1.807) is 29.2 Å². The van der Waals surface area contributed by atoms with Crippen LogP contribution in [0.1, 0.15) is 25.3 Å². The number of nitrogens with zero attached hydrogens (tertiary/aromatic N) is 5. The summed E-state index contributed by atoms with van der Waals surface area (Å²) in [7, 11) is 1.41. The molecule has 2 heterocycles. The Morgan fingerprint density at radius 1 is 1.25 bits per heavy atom. The molecule has 2 aromatic rings. The highest BCUT2D eigenvalue weighted by Crippen LogP contribution is 2.37. The molecule has 36 heavy (non-hydrogen) atoms. The van der Waals surface area contributed by atoms with Crippen LogP contribution >= 0.6 is 0 Å². The number of hydrogen-bond acceptors (Lipinski definition) is 9. The number of methoxy groups -OCH3 is 1. The second-order valence-electron chi connectivity index (χ2n) is 9.22. The number of hydrogen-bond donors (Lipinski definition) is 3. The molecule has 194 valence electrons. The fourth-order valence-corrected chi connectivity index (χ4v) is 5.36. The monoisotopic (exact) mass is 501 g/mol. The summed E-state index contributed by atoms with van der Waals surface area (Å²) >= 11 is 0. The number of ether oxygens (including phenoxy) is 1. The van der Waals surface area contributed by atoms with E-state index >= 15 is 0 Å². The summed E-state index contributed by atoms with van der Waals surface area (Å²) < 4.78 is 20.0. The quantitative estimate of drug-likeness (QED) is 0.282. The van der Waals surface area contributed by atoms with Gasteiger partial charge in [-0.05, 0) is 37.6 Å². The van der Waals surface area contributed by atoms with Gasteiger partial charge in [-0.15, -0.1) is 0 Å². The van der Waals surface area contributed by atoms with Crippen LogP contribution in [-0.4, -0.2) is 66.0 Å². The van der Waals surface area contributed by atoms with Gasteiger partial charge in [0, 0.05) is 24.3 Å². The normalized spacial score (nSPS) is 26.6. The lowest BCUT2D eigenvalue weighted by Gasteiger charge is -2.52. The number of likely N-dealkylation sites (tertiary alicyclic amines) is 1. The maximum absolute atomic E-state index is 15.0. The zero-order valence-corrected chi connectivity index (χ0v) is 20.6. The van der Waals surface area contributed by atoms with E-state index < -0.39 is 23.3 Å². The fourth-order valence-electron chi connectivity index (χ4n) is 5.36. The van der Waals surface area contributed by atoms with Crippen LogP contribution < -0.4 is 26.4 Å². The van der Waals surface area contributed by atoms with Crippen LogP contribution in [0.2, 0.25) is 0 Å². The smallest absolute Gasteiger partial charge is 0.269 e. The number of quaternary nitrogens is 1. The Bertz CT molecular complexity index is 1130. The SMILES string of the molecule is CCN1CCCC1C[N+]1(c2ccc(OC)c(F)c2)C(N)N=C(N)N(Cc2ccc([N+](=O)[O-])cc2)C1N. The van der Waals surface area contributed by atoms with Crippen molar-refractivity contribution in [2.24, 2.45) is 22.2 Å². The summed E-state index contributed by atoms with van der Waals surface area (Å²) in [6.07, 6.45) is 0.366. The van der Waals surface area contributed by atoms with Crippen molar-refractivity contribution < 1.29 is 14.1 Å². The standard InChI is InChI=1S/C24H34FN8O3/c1-3-30-12-4-5-18(30)15-33(19-10-11-21(36-2)20(25)13-19)23(27)29-22(26)31(24(33)28)14-16-6-8-17(9-7-16)32(34)35/h6-11,13,18,23-24H,3-5,12,14-15,27-28H2,1-2H3,(H2,26,29)/q+1. The lowest BCUT2D eigenvalue weighted by Crippen LogP contribution is -2.79. The number of guanidine groups is 1. The summed E-state index contributed by atoms with van der Waals surface area (Å²) in [5.74, 6) is -0.233. The van der Waals surface area contributed by atoms with Crippen molar-refractivity contribution in [2.45, 2.75) is 44.9 Å². The van der Waals surface area contributed by atoms with Gasteiger partial charge in [0.1, 0.15) is 12.2 Å². The largest absolute Gasteiger partial charge is 0.494 e. The first-order valence-corrected chi connectivity index (χ1v) is 12.0. The molecule has 2 aliphatic heterocycles. The number of likely N-dealkylation sites (N-methyl/N-ethyl adjacent to an activating group) is 1. The number of aliphatic imine (C=N–C) groups is 1. The van der Waals surface area contributed by atoms with Crippen LogP contribution in [0.15, 0.2) is 47.5 Å². The molecule has 2 aliphatic rings. The molecule has 0 amide bonds. The minimum atomic E-state index is -0.861. The molecule has 0 saturated carbocycles. The predicted molar refractivity (Wildman–Crippen MR) is 136 cm³/mol. The molecule has 1 fully saturated rings. The van der Waals surface area contributed by atoms with Gasteiger partial charge in [-0.3, -0.25) is 31.4 Å². The molecule has 6 N–H and O–H groups in total. The van der Waals surface area contributed by atoms with Gasteiger partial charge < -0.3 is 10.5 Å². The highest BCUT2D eigenvalue weighted by Gasteiger charge is 2.52. The molecule has 0 radical (unpaired) electrons. The number of nitro groups is 1. The third-order valence-corrected chi connectivity index (χ3v) is 7.36. The van der Waals surface area contributed by atoms with E-state index in [1.807, 2.05) is 0 Å². The number of nitro benzene ring substituents is 1. The second kappa shape index (κ2) is 10.3. The maximum atomic E-state index is 15.0. The average Bonchev–Trinajstić information content (AvgIpc) is 3.31. The Balaban J connectivity index is 1.77. The molecule has 0 aliphatic carbocycles. The van der Waals surface area contributed by atoms with E-state index in [1.165, 1.54) is 25.3 Å². The van der Waals surface area contributed by atoms with Crippen molar-refractivity contribution in [3.63, 3.8) is 0 Å². The van der Waals surface area contributed by atoms with Gasteiger partial charge in [0.25, 0.3) is 5.69 Å². The Kier molecular flexibility index (Phi) is 7.41. The number of halogens is 1. The number of nitrogens with two attached hydrogens (primary N) is 3. The van der Waals surface area contributed by atoms with Gasteiger partial charge in [0.05, 0.1) is 24.6 Å². The molecule has 4 unspecified atom stereocenters. The van der Waals surface area contributed by atoms with Crippen LogP contribution in [0, 0.1) is 15.9 Å². The van der Waals surface area contributed by atoms with Gasteiger partial charge in [-0.25, -0.2) is 8.87 Å². The van der Waals surface area contributed by atoms with Gasteiger partial charge in [0.2, 0.25) is 18.5 Å². The summed E-state index contributed by atoms with van der Waals surface area (Å²) in [5.41, 5.74) is 21.3. The first-order valence-electron chi connectivity index (χ1n) is 12.0. The van der Waals surface area contributed by atoms with Crippen molar-refractivity contribution >= 4 is 17.3 Å². The van der Waals surface area contributed by atoms with Crippen molar-refractivity contribution in [3.05, 3.63) is 64.0 Å². The number of benzene rings is 2. The Labute approximate surface area is 209 Å². The van der Waals surface area contributed by atoms with E-state index in [2.05, 4.69) is 16.8 Å². The lowest BCUT2D eigenvalue weighted by molar-refractivity contribution is -0.384. The van der Waals surface area contributed by atoms with E-state index in [0.29, 0.717) is 12.2 Å². The first kappa shape index (κ1) is 25.8. The Morgan fingerprint density at radius 2 is 1.97 bits per heavy atom. The van der Waals surface area contributed by atoms with Crippen molar-refractivity contribution in [1.29, 1.82) is 0 Å². The van der Waals surface area contributed by atoms with Crippen LogP contribution in [0.5, 0.6) is 5.75 Å². The van der Waals surface area contributed by atoms with Gasteiger partial charge >= 0.3 is 0 Å². The predicted octanol–water partition coefficient (Wildman–Crippen LogP) is 1.85. The molecule has 4 atom stereocenters. The molecule has 11 nitrogen and oxygen atoms in total. The van der Waals surface area contributed by atoms with Gasteiger partial charge in [0.15, 0.2) is 11.6 Å². The number of rotatable bonds is 8. The summed E-state index contributed by atoms with van der Waals surface area (Å²) in [6.45, 7) is 4.73. The van der Waals surface area contributed by atoms with Gasteiger partial charge in [-0.1, -0.05) is 19.1 Å². The zero-order valence-electron chi connectivity index (χ0n) is 20.6. The number of non-ortho nitro benzene ring substituents is 1. The maximum Gasteiger partial charge on any atom is 0.269 e. The lowest BCUT2D eigenvalue weighted by atomic mass is 10.1. The molecule has 0 aromatic heterocycles. The molecule has 1 saturated heterocycles. The second-order valence-corrected chi connectivity index (χ2v) is 9.22. The highest BCUT2D eigenvalue weighted by molar-refractivity contribution is 5.80. The third-order valence-electron chi connectivity index (χ3n) is 7.36. The van der Waals surface area contributed by atoms with E-state index in [4.69, 9.17) is 21.9 Å². The molecule has 0 spiro atoms. The highest BCUT2D eigenvalue weighted by atomic mass is 19.1. The summed E-state index contributed by atoms with van der Waals surface area (Å²) in [6, 6.07) is 11.1. The minimum absolute atomic E-state index is 0.00918. The van der Waals surface area contributed by atoms with Crippen LogP contribution in [0.4, 0.5) is 15.8 Å². The zero-order chi connectivity index (χ0) is 26.0. The van der Waals surface area contributed by atoms with Crippen molar-refractivity contribution in [3.8, 4) is 5.75 Å². The van der Waals surface area contributed by atoms with Crippen molar-refractivity contribution in [1.82, 2.24) is 14.3 Å². The van der Waals surface area contributed by atoms with Gasteiger partial charge in [-0.2, -0.15) is 4.99 Å². The Morgan fingerprint density at radius 3 is 2.58 bits per heavy atom. The topological polar surface area (TPSA) is 149 Å². The van der Waals surface area contributed by atoms with E-state index in [9.17, 15) is 14.5 Å². The van der Waals surface area contributed by atoms with Crippen LogP contribution in [-0.2, 0) is 6.54 Å². The van der Waals surface area contributed by atoms with Crippen molar-refractivity contribution in [2.75, 3.05) is 26.7 Å². The summed E-state index contributed by atoms with van der Waals surface area (Å²) in [5, 5.41) is 11.0. The van der Waals surface area contributed by atoms with E-state index in [-0.39, 0.29) is 34.5 Å². The third kappa shape index (κ3) is 4.60. The minimum Gasteiger partial charge on any atom is -0.494 e. The molecule has 4 rings (SSSR count). The van der Waals surface area contributed by atoms with Crippen LogP contribution in [0.3, 0.4) is 0 Å². The molecular weight excluding hydrogens is 467 g/mol. The van der Waals surface area contributed by atoms with Crippen LogP contribution in [0.25, 0.3) is 0 Å².